The fraction of sp³-hybridized carbons (Fsp3) is 0. The van der Waals surface area contributed by atoms with E-state index in [1.165, 1.54) is 21.5 Å². The lowest BCUT2D eigenvalue weighted by Gasteiger charge is -2.25. The third-order valence-corrected chi connectivity index (χ3v) is 7.31. The first kappa shape index (κ1) is 21.3. The van der Waals surface area contributed by atoms with Crippen LogP contribution in [0, 0.1) is 0 Å². The fourth-order valence-corrected chi connectivity index (χ4v) is 5.58. The number of nitrogen functional groups attached to an aromatic ring is 2. The number of nitrogens with two attached hydrogens (primary N) is 2. The monoisotopic (exact) mass is 475 g/mol. The third kappa shape index (κ3) is 3.36. The van der Waals surface area contributed by atoms with Crippen LogP contribution in [0.3, 0.4) is 0 Å². The lowest BCUT2D eigenvalue weighted by molar-refractivity contribution is 1.28. The highest BCUT2D eigenvalue weighted by atomic mass is 15.1. The van der Waals surface area contributed by atoms with Crippen molar-refractivity contribution in [2.45, 2.75) is 0 Å². The third-order valence-electron chi connectivity index (χ3n) is 7.31. The van der Waals surface area contributed by atoms with Crippen LogP contribution in [0.5, 0.6) is 0 Å². The maximum absolute atomic E-state index is 6.63. The van der Waals surface area contributed by atoms with E-state index in [4.69, 9.17) is 11.5 Å². The summed E-state index contributed by atoms with van der Waals surface area (Å²) in [6.07, 6.45) is 0. The molecular weight excluding hydrogens is 450 g/mol. The summed E-state index contributed by atoms with van der Waals surface area (Å²) in [5.74, 6) is 0. The fourth-order valence-electron chi connectivity index (χ4n) is 5.58. The number of nitrogens with zero attached hydrogens (tertiary/aromatic N) is 1. The Labute approximate surface area is 215 Å². The molecule has 0 aliphatic heterocycles. The van der Waals surface area contributed by atoms with Crippen molar-refractivity contribution in [3.05, 3.63) is 127 Å². The van der Waals surface area contributed by atoms with Crippen LogP contribution >= 0.6 is 0 Å². The average molecular weight is 476 g/mol. The Morgan fingerprint density at radius 3 is 1.62 bits per heavy atom. The molecule has 7 rings (SSSR count). The Hall–Kier alpha value is -5.02. The second-order valence-electron chi connectivity index (χ2n) is 9.47. The molecule has 3 heteroatoms. The minimum Gasteiger partial charge on any atom is -0.398 e. The Bertz CT molecular complexity index is 1840. The zero-order valence-electron chi connectivity index (χ0n) is 20.2. The minimum absolute atomic E-state index is 0.776. The first-order valence-corrected chi connectivity index (χ1v) is 12.5. The molecule has 4 N–H and O–H groups in total. The van der Waals surface area contributed by atoms with Gasteiger partial charge in [-0.05, 0) is 75.8 Å². The largest absolute Gasteiger partial charge is 0.398 e. The normalized spacial score (nSPS) is 11.5. The second kappa shape index (κ2) is 8.28. The van der Waals surface area contributed by atoms with Gasteiger partial charge in [0.25, 0.3) is 0 Å². The predicted octanol–water partition coefficient (Wildman–Crippen LogP) is 8.89. The number of hydrogen-bond acceptors (Lipinski definition) is 3. The Morgan fingerprint density at radius 1 is 0.432 bits per heavy atom. The van der Waals surface area contributed by atoms with E-state index in [0.29, 0.717) is 0 Å². The molecule has 0 aromatic heterocycles. The lowest BCUT2D eigenvalue weighted by atomic mass is 9.88. The number of rotatable bonds is 4. The molecule has 0 radical (unpaired) electrons. The van der Waals surface area contributed by atoms with Gasteiger partial charge in [-0.2, -0.15) is 0 Å². The van der Waals surface area contributed by atoms with Crippen LogP contribution in [0.1, 0.15) is 0 Å². The standard InChI is InChI=1S/C34H25N3/c35-31-20-14-23-13-17-27-30(21-32(36)29-19-18-28(31)33(23)34(27)29)22-11-15-26(16-12-22)37(24-7-3-1-4-8-24)25-9-5-2-6-10-25/h1-21H,35-36H2. The molecule has 0 saturated heterocycles. The second-order valence-corrected chi connectivity index (χ2v) is 9.47. The summed E-state index contributed by atoms with van der Waals surface area (Å²) in [6.45, 7) is 0. The van der Waals surface area contributed by atoms with Gasteiger partial charge >= 0.3 is 0 Å². The summed E-state index contributed by atoms with van der Waals surface area (Å²) in [5, 5.41) is 6.86. The molecule has 37 heavy (non-hydrogen) atoms. The first-order chi connectivity index (χ1) is 18.2. The van der Waals surface area contributed by atoms with Gasteiger partial charge in [0.15, 0.2) is 0 Å². The van der Waals surface area contributed by atoms with Gasteiger partial charge in [-0.25, -0.2) is 0 Å². The van der Waals surface area contributed by atoms with E-state index in [9.17, 15) is 0 Å². The molecule has 0 aliphatic carbocycles. The molecule has 0 bridgehead atoms. The smallest absolute Gasteiger partial charge is 0.0462 e. The van der Waals surface area contributed by atoms with E-state index in [2.05, 4.69) is 114 Å². The van der Waals surface area contributed by atoms with Crippen LogP contribution in [0.2, 0.25) is 0 Å². The molecule has 0 unspecified atom stereocenters. The first-order valence-electron chi connectivity index (χ1n) is 12.5. The van der Waals surface area contributed by atoms with Crippen molar-refractivity contribution in [1.29, 1.82) is 0 Å². The Balaban J connectivity index is 1.41. The molecule has 3 nitrogen and oxygen atoms in total. The maximum atomic E-state index is 6.63. The van der Waals surface area contributed by atoms with Crippen molar-refractivity contribution in [3.8, 4) is 11.1 Å². The maximum Gasteiger partial charge on any atom is 0.0462 e. The molecule has 0 saturated carbocycles. The van der Waals surface area contributed by atoms with Gasteiger partial charge in [-0.15, -0.1) is 0 Å². The highest BCUT2D eigenvalue weighted by Crippen LogP contribution is 2.43. The summed E-state index contributed by atoms with van der Waals surface area (Å²) in [5.41, 5.74) is 20.1. The molecule has 0 fully saturated rings. The van der Waals surface area contributed by atoms with E-state index in [0.717, 1.165) is 50.3 Å². The van der Waals surface area contributed by atoms with Gasteiger partial charge in [0.1, 0.15) is 0 Å². The molecule has 7 aromatic carbocycles. The Kier molecular flexibility index (Phi) is 4.76. The van der Waals surface area contributed by atoms with Gasteiger partial charge in [-0.3, -0.25) is 0 Å². The predicted molar refractivity (Wildman–Crippen MR) is 159 cm³/mol. The number of benzene rings is 7. The van der Waals surface area contributed by atoms with Crippen molar-refractivity contribution in [2.24, 2.45) is 0 Å². The molecular formula is C34H25N3. The quantitative estimate of drug-likeness (QED) is 0.197. The van der Waals surface area contributed by atoms with Gasteiger partial charge in [-0.1, -0.05) is 78.9 Å². The topological polar surface area (TPSA) is 55.3 Å². The molecule has 0 spiro atoms. The van der Waals surface area contributed by atoms with Gasteiger partial charge in [0, 0.05) is 44.6 Å². The molecule has 176 valence electrons. The van der Waals surface area contributed by atoms with Crippen LogP contribution in [0.4, 0.5) is 28.4 Å². The molecule has 7 aromatic rings. The summed E-state index contributed by atoms with van der Waals surface area (Å²) < 4.78 is 0. The van der Waals surface area contributed by atoms with E-state index in [-0.39, 0.29) is 0 Å². The van der Waals surface area contributed by atoms with Crippen molar-refractivity contribution in [3.63, 3.8) is 0 Å². The van der Waals surface area contributed by atoms with Crippen molar-refractivity contribution < 1.29 is 0 Å². The SMILES string of the molecule is Nc1ccc2ccc3c(-c4ccc(N(c5ccccc5)c5ccccc5)cc4)cc(N)c4ccc1c2c43. The van der Waals surface area contributed by atoms with E-state index in [1.54, 1.807) is 0 Å². The van der Waals surface area contributed by atoms with Crippen LogP contribution in [-0.4, -0.2) is 0 Å². The number of anilines is 5. The summed E-state index contributed by atoms with van der Waals surface area (Å²) >= 11 is 0. The Morgan fingerprint density at radius 2 is 0.973 bits per heavy atom. The van der Waals surface area contributed by atoms with E-state index in [1.807, 2.05) is 18.2 Å². The molecule has 0 aliphatic rings. The zero-order chi connectivity index (χ0) is 24.9. The average Bonchev–Trinajstić information content (AvgIpc) is 2.95. The molecule has 0 heterocycles. The van der Waals surface area contributed by atoms with Crippen LogP contribution in [0.15, 0.2) is 127 Å². The van der Waals surface area contributed by atoms with E-state index < -0.39 is 0 Å². The van der Waals surface area contributed by atoms with Crippen LogP contribution < -0.4 is 16.4 Å². The van der Waals surface area contributed by atoms with Crippen molar-refractivity contribution >= 4 is 60.8 Å². The number of para-hydroxylation sites is 2. The highest BCUT2D eigenvalue weighted by Gasteiger charge is 2.17. The number of hydrogen-bond donors (Lipinski definition) is 2. The van der Waals surface area contributed by atoms with Crippen molar-refractivity contribution in [1.82, 2.24) is 0 Å². The van der Waals surface area contributed by atoms with Gasteiger partial charge in [0.2, 0.25) is 0 Å². The zero-order valence-corrected chi connectivity index (χ0v) is 20.2. The minimum atomic E-state index is 0.776. The van der Waals surface area contributed by atoms with Crippen LogP contribution in [0.25, 0.3) is 43.4 Å². The van der Waals surface area contributed by atoms with Crippen LogP contribution in [-0.2, 0) is 0 Å². The highest BCUT2D eigenvalue weighted by molar-refractivity contribution is 6.29. The summed E-state index contributed by atoms with van der Waals surface area (Å²) in [7, 11) is 0. The molecule has 0 atom stereocenters. The lowest BCUT2D eigenvalue weighted by Crippen LogP contribution is -2.09. The van der Waals surface area contributed by atoms with E-state index >= 15 is 0 Å². The summed E-state index contributed by atoms with van der Waals surface area (Å²) in [4.78, 5) is 2.27. The van der Waals surface area contributed by atoms with Gasteiger partial charge in [0.05, 0.1) is 0 Å². The molecule has 0 amide bonds. The van der Waals surface area contributed by atoms with Crippen molar-refractivity contribution in [2.75, 3.05) is 16.4 Å². The van der Waals surface area contributed by atoms with Gasteiger partial charge < -0.3 is 16.4 Å². The summed E-state index contributed by atoms with van der Waals surface area (Å²) in [6, 6.07) is 44.4.